The maximum atomic E-state index is 6.17. The zero-order valence-corrected chi connectivity index (χ0v) is 18.2. The Balaban J connectivity index is 1.38. The van der Waals surface area contributed by atoms with Gasteiger partial charge in [0.1, 0.15) is 5.75 Å². The van der Waals surface area contributed by atoms with Gasteiger partial charge >= 0.3 is 0 Å². The SMILES string of the molecule is COc1ccc2c(c1)nc(N1CCN(Cc3ccc(Cl)c(Cl)c3)CC1)c1cccn12. The lowest BCUT2D eigenvalue weighted by atomic mass is 10.2. The summed E-state index contributed by atoms with van der Waals surface area (Å²) in [7, 11) is 1.68. The second kappa shape index (κ2) is 7.99. The Morgan fingerprint density at radius 3 is 2.53 bits per heavy atom. The van der Waals surface area contributed by atoms with Gasteiger partial charge in [-0.3, -0.25) is 4.90 Å². The van der Waals surface area contributed by atoms with E-state index < -0.39 is 0 Å². The van der Waals surface area contributed by atoms with Crippen LogP contribution >= 0.6 is 23.2 Å². The first-order chi connectivity index (χ1) is 14.6. The number of methoxy groups -OCH3 is 1. The quantitative estimate of drug-likeness (QED) is 0.440. The molecule has 0 spiro atoms. The van der Waals surface area contributed by atoms with Crippen LogP contribution in [-0.4, -0.2) is 47.6 Å². The van der Waals surface area contributed by atoms with Crippen molar-refractivity contribution in [1.82, 2.24) is 14.3 Å². The number of anilines is 1. The molecular formula is C23H22Cl2N4O. The number of halogens is 2. The van der Waals surface area contributed by atoms with Gasteiger partial charge in [-0.1, -0.05) is 29.3 Å². The molecule has 0 amide bonds. The minimum atomic E-state index is 0.598. The van der Waals surface area contributed by atoms with Crippen LogP contribution in [-0.2, 0) is 6.54 Å². The van der Waals surface area contributed by atoms with Crippen molar-refractivity contribution in [2.24, 2.45) is 0 Å². The molecule has 4 aromatic rings. The lowest BCUT2D eigenvalue weighted by Crippen LogP contribution is -2.46. The topological polar surface area (TPSA) is 33.0 Å². The second-order valence-corrected chi connectivity index (χ2v) is 8.38. The highest BCUT2D eigenvalue weighted by Gasteiger charge is 2.21. The standard InChI is InChI=1S/C23H22Cl2N4O/c1-30-17-5-7-21-20(14-17)26-23(22-3-2-8-29(21)22)28-11-9-27(10-12-28)15-16-4-6-18(24)19(25)13-16/h2-8,13-14H,9-12,15H2,1H3. The van der Waals surface area contributed by atoms with Crippen LogP contribution in [0.2, 0.25) is 10.0 Å². The summed E-state index contributed by atoms with van der Waals surface area (Å²) in [5, 5.41) is 1.21. The van der Waals surface area contributed by atoms with E-state index in [1.807, 2.05) is 30.3 Å². The summed E-state index contributed by atoms with van der Waals surface area (Å²) in [6.07, 6.45) is 2.09. The summed E-state index contributed by atoms with van der Waals surface area (Å²) in [6.45, 7) is 4.64. The molecule has 0 bridgehead atoms. The van der Waals surface area contributed by atoms with Gasteiger partial charge in [0.05, 0.1) is 33.7 Å². The van der Waals surface area contributed by atoms with E-state index in [4.69, 9.17) is 32.9 Å². The number of nitrogens with zero attached hydrogens (tertiary/aromatic N) is 4. The molecule has 0 radical (unpaired) electrons. The Bertz CT molecular complexity index is 1210. The number of benzene rings is 2. The monoisotopic (exact) mass is 440 g/mol. The maximum Gasteiger partial charge on any atom is 0.153 e. The van der Waals surface area contributed by atoms with Crippen LogP contribution in [0.5, 0.6) is 5.75 Å². The molecule has 3 heterocycles. The molecule has 2 aromatic heterocycles. The molecule has 0 aliphatic carbocycles. The summed E-state index contributed by atoms with van der Waals surface area (Å²) < 4.78 is 7.61. The van der Waals surface area contributed by atoms with Gasteiger partial charge in [-0.05, 0) is 42.0 Å². The Hall–Kier alpha value is -2.47. The molecule has 154 valence electrons. The smallest absolute Gasteiger partial charge is 0.153 e. The van der Waals surface area contributed by atoms with Crippen molar-refractivity contribution in [3.05, 3.63) is 70.3 Å². The Morgan fingerprint density at radius 2 is 1.77 bits per heavy atom. The molecule has 1 aliphatic heterocycles. The van der Waals surface area contributed by atoms with Gasteiger partial charge < -0.3 is 14.0 Å². The average molecular weight is 441 g/mol. The Kier molecular flexibility index (Phi) is 5.19. The van der Waals surface area contributed by atoms with Crippen LogP contribution in [0.25, 0.3) is 16.6 Å². The number of fused-ring (bicyclic) bond motifs is 3. The third kappa shape index (κ3) is 3.58. The summed E-state index contributed by atoms with van der Waals surface area (Å²) in [5.74, 6) is 1.84. The van der Waals surface area contributed by atoms with Crippen LogP contribution in [0, 0.1) is 0 Å². The van der Waals surface area contributed by atoms with Gasteiger partial charge in [0.2, 0.25) is 0 Å². The van der Waals surface area contributed by atoms with Crippen LogP contribution in [0.1, 0.15) is 5.56 Å². The molecule has 1 fully saturated rings. The van der Waals surface area contributed by atoms with Crippen LogP contribution < -0.4 is 9.64 Å². The molecule has 0 unspecified atom stereocenters. The zero-order chi connectivity index (χ0) is 20.7. The number of aromatic nitrogens is 2. The Labute approximate surface area is 185 Å². The van der Waals surface area contributed by atoms with Crippen molar-refractivity contribution in [1.29, 1.82) is 0 Å². The van der Waals surface area contributed by atoms with Crippen LogP contribution in [0.3, 0.4) is 0 Å². The van der Waals surface area contributed by atoms with Crippen molar-refractivity contribution in [3.63, 3.8) is 0 Å². The fraction of sp³-hybridized carbons (Fsp3) is 0.261. The van der Waals surface area contributed by atoms with E-state index in [2.05, 4.69) is 38.6 Å². The molecule has 1 aliphatic rings. The average Bonchev–Trinajstić information content (AvgIpc) is 3.26. The number of hydrogen-bond acceptors (Lipinski definition) is 4. The molecule has 5 nitrogen and oxygen atoms in total. The highest BCUT2D eigenvalue weighted by atomic mass is 35.5. The minimum Gasteiger partial charge on any atom is -0.497 e. The van der Waals surface area contributed by atoms with Gasteiger partial charge in [-0.2, -0.15) is 0 Å². The normalized spacial score (nSPS) is 15.2. The lowest BCUT2D eigenvalue weighted by molar-refractivity contribution is 0.249. The fourth-order valence-electron chi connectivity index (χ4n) is 4.11. The largest absolute Gasteiger partial charge is 0.497 e. The van der Waals surface area contributed by atoms with E-state index in [-0.39, 0.29) is 0 Å². The molecule has 5 rings (SSSR count). The third-order valence-electron chi connectivity index (χ3n) is 5.71. The zero-order valence-electron chi connectivity index (χ0n) is 16.7. The van der Waals surface area contributed by atoms with Crippen molar-refractivity contribution < 1.29 is 4.74 Å². The van der Waals surface area contributed by atoms with Crippen LogP contribution in [0.15, 0.2) is 54.7 Å². The molecule has 2 aromatic carbocycles. The highest BCUT2D eigenvalue weighted by Crippen LogP contribution is 2.29. The fourth-order valence-corrected chi connectivity index (χ4v) is 4.44. The highest BCUT2D eigenvalue weighted by molar-refractivity contribution is 6.42. The summed E-state index contributed by atoms with van der Waals surface area (Å²) in [4.78, 5) is 9.83. The van der Waals surface area contributed by atoms with E-state index in [0.29, 0.717) is 10.0 Å². The lowest BCUT2D eigenvalue weighted by Gasteiger charge is -2.35. The van der Waals surface area contributed by atoms with Gasteiger partial charge in [0.25, 0.3) is 0 Å². The van der Waals surface area contributed by atoms with Crippen molar-refractivity contribution in [2.45, 2.75) is 6.54 Å². The van der Waals surface area contributed by atoms with E-state index in [1.54, 1.807) is 7.11 Å². The number of ether oxygens (including phenoxy) is 1. The molecule has 0 N–H and O–H groups in total. The molecule has 1 saturated heterocycles. The van der Waals surface area contributed by atoms with Gasteiger partial charge in [-0.15, -0.1) is 0 Å². The predicted molar refractivity (Wildman–Crippen MR) is 123 cm³/mol. The first-order valence-electron chi connectivity index (χ1n) is 9.98. The summed E-state index contributed by atoms with van der Waals surface area (Å²) in [6, 6.07) is 16.1. The van der Waals surface area contributed by atoms with Crippen molar-refractivity contribution >= 4 is 45.6 Å². The van der Waals surface area contributed by atoms with Gasteiger partial charge in [-0.25, -0.2) is 4.98 Å². The van der Waals surface area contributed by atoms with Crippen molar-refractivity contribution in [2.75, 3.05) is 38.2 Å². The summed E-state index contributed by atoms with van der Waals surface area (Å²) >= 11 is 12.2. The first-order valence-corrected chi connectivity index (χ1v) is 10.7. The van der Waals surface area contributed by atoms with Gasteiger partial charge in [0, 0.05) is 45.0 Å². The third-order valence-corrected chi connectivity index (χ3v) is 6.45. The predicted octanol–water partition coefficient (Wildman–Crippen LogP) is 5.13. The maximum absolute atomic E-state index is 6.17. The second-order valence-electron chi connectivity index (χ2n) is 7.57. The molecule has 0 atom stereocenters. The van der Waals surface area contributed by atoms with E-state index in [0.717, 1.165) is 60.8 Å². The molecular weight excluding hydrogens is 419 g/mol. The molecule has 7 heteroatoms. The number of piperazine rings is 1. The molecule has 0 saturated carbocycles. The molecule has 30 heavy (non-hydrogen) atoms. The Morgan fingerprint density at radius 1 is 0.933 bits per heavy atom. The number of hydrogen-bond donors (Lipinski definition) is 0. The van der Waals surface area contributed by atoms with E-state index in [1.165, 1.54) is 5.56 Å². The van der Waals surface area contributed by atoms with Crippen LogP contribution in [0.4, 0.5) is 5.82 Å². The van der Waals surface area contributed by atoms with E-state index in [9.17, 15) is 0 Å². The van der Waals surface area contributed by atoms with Crippen molar-refractivity contribution in [3.8, 4) is 5.75 Å². The van der Waals surface area contributed by atoms with Gasteiger partial charge in [0.15, 0.2) is 5.82 Å². The first kappa shape index (κ1) is 19.5. The minimum absolute atomic E-state index is 0.598. The number of rotatable bonds is 4. The summed E-state index contributed by atoms with van der Waals surface area (Å²) in [5.41, 5.74) is 4.33. The van der Waals surface area contributed by atoms with E-state index >= 15 is 0 Å².